The van der Waals surface area contributed by atoms with Crippen molar-refractivity contribution in [2.45, 2.75) is 6.42 Å². The highest BCUT2D eigenvalue weighted by molar-refractivity contribution is 6.36. The Morgan fingerprint density at radius 3 is 2.86 bits per heavy atom. The van der Waals surface area contributed by atoms with Crippen LogP contribution in [0.25, 0.3) is 0 Å². The zero-order chi connectivity index (χ0) is 15.7. The molecule has 112 valence electrons. The minimum Gasteiger partial charge on any atom is -0.390 e. The predicted molar refractivity (Wildman–Crippen MR) is 83.3 cm³/mol. The van der Waals surface area contributed by atoms with E-state index in [1.165, 1.54) is 12.3 Å². The van der Waals surface area contributed by atoms with E-state index in [4.69, 9.17) is 33.2 Å². The molecule has 1 amide bonds. The first-order valence-corrected chi connectivity index (χ1v) is 6.93. The summed E-state index contributed by atoms with van der Waals surface area (Å²) in [6.45, 7) is 1.21. The minimum absolute atomic E-state index is 0.0431. The second-order valence-electron chi connectivity index (χ2n) is 4.05. The molecule has 0 aliphatic carbocycles. The molecule has 21 heavy (non-hydrogen) atoms. The van der Waals surface area contributed by atoms with Crippen LogP contribution in [-0.4, -0.2) is 26.2 Å². The standard InChI is InChI=1S/C14H15Cl2N3O2/c1-21-6-2-5-18-9-10(8-17)14(20)19-13-4-3-11(15)7-12(13)16/h3-4,7,9,18H,2,5-6H2,1H3,(H,19,20)/b10-9-. The Labute approximate surface area is 133 Å². The molecule has 0 heterocycles. The number of carbonyl (C=O) groups is 1. The van der Waals surface area contributed by atoms with Crippen LogP contribution >= 0.6 is 23.2 Å². The number of rotatable bonds is 7. The quantitative estimate of drug-likeness (QED) is 0.458. The Kier molecular flexibility index (Phi) is 7.62. The van der Waals surface area contributed by atoms with Gasteiger partial charge in [0.1, 0.15) is 11.6 Å². The van der Waals surface area contributed by atoms with E-state index in [1.54, 1.807) is 19.2 Å². The number of benzene rings is 1. The molecule has 0 aliphatic heterocycles. The van der Waals surface area contributed by atoms with Crippen molar-refractivity contribution in [1.82, 2.24) is 5.32 Å². The highest BCUT2D eigenvalue weighted by atomic mass is 35.5. The van der Waals surface area contributed by atoms with Crippen molar-refractivity contribution in [3.05, 3.63) is 40.0 Å². The summed E-state index contributed by atoms with van der Waals surface area (Å²) in [5, 5.41) is 15.2. The van der Waals surface area contributed by atoms with Crippen LogP contribution < -0.4 is 10.6 Å². The largest absolute Gasteiger partial charge is 0.390 e. The van der Waals surface area contributed by atoms with E-state index in [1.807, 2.05) is 6.07 Å². The first-order valence-electron chi connectivity index (χ1n) is 6.17. The van der Waals surface area contributed by atoms with Crippen LogP contribution in [0.15, 0.2) is 30.0 Å². The number of anilines is 1. The van der Waals surface area contributed by atoms with Crippen LogP contribution in [0.5, 0.6) is 0 Å². The molecule has 0 saturated carbocycles. The van der Waals surface area contributed by atoms with Gasteiger partial charge in [-0.15, -0.1) is 0 Å². The molecule has 0 unspecified atom stereocenters. The molecule has 0 aliphatic rings. The number of amides is 1. The summed E-state index contributed by atoms with van der Waals surface area (Å²) in [5.41, 5.74) is 0.352. The lowest BCUT2D eigenvalue weighted by molar-refractivity contribution is -0.112. The minimum atomic E-state index is -0.541. The van der Waals surface area contributed by atoms with Gasteiger partial charge in [0, 0.05) is 31.5 Å². The second-order valence-corrected chi connectivity index (χ2v) is 4.89. The van der Waals surface area contributed by atoms with Crippen molar-refractivity contribution in [1.29, 1.82) is 5.26 Å². The molecule has 0 bridgehead atoms. The Morgan fingerprint density at radius 1 is 1.48 bits per heavy atom. The summed E-state index contributed by atoms with van der Waals surface area (Å²) >= 11 is 11.7. The van der Waals surface area contributed by atoms with Crippen molar-refractivity contribution in [3.8, 4) is 6.07 Å². The summed E-state index contributed by atoms with van der Waals surface area (Å²) in [4.78, 5) is 11.9. The summed E-state index contributed by atoms with van der Waals surface area (Å²) in [6.07, 6.45) is 2.14. The van der Waals surface area contributed by atoms with Gasteiger partial charge in [-0.3, -0.25) is 4.79 Å². The van der Waals surface area contributed by atoms with Gasteiger partial charge < -0.3 is 15.4 Å². The third kappa shape index (κ3) is 6.05. The van der Waals surface area contributed by atoms with E-state index in [-0.39, 0.29) is 5.57 Å². The average Bonchev–Trinajstić information content (AvgIpc) is 2.45. The van der Waals surface area contributed by atoms with Crippen LogP contribution in [0, 0.1) is 11.3 Å². The van der Waals surface area contributed by atoms with Gasteiger partial charge in [0.05, 0.1) is 10.7 Å². The molecule has 0 radical (unpaired) electrons. The van der Waals surface area contributed by atoms with Gasteiger partial charge in [-0.25, -0.2) is 0 Å². The van der Waals surface area contributed by atoms with Crippen molar-refractivity contribution in [2.75, 3.05) is 25.6 Å². The summed E-state index contributed by atoms with van der Waals surface area (Å²) < 4.78 is 4.89. The van der Waals surface area contributed by atoms with E-state index in [9.17, 15) is 4.79 Å². The second kappa shape index (κ2) is 9.24. The van der Waals surface area contributed by atoms with Gasteiger partial charge in [-0.2, -0.15) is 5.26 Å². The molecule has 7 heteroatoms. The van der Waals surface area contributed by atoms with Crippen molar-refractivity contribution < 1.29 is 9.53 Å². The lowest BCUT2D eigenvalue weighted by Gasteiger charge is -2.07. The maximum absolute atomic E-state index is 11.9. The van der Waals surface area contributed by atoms with Gasteiger partial charge in [0.25, 0.3) is 5.91 Å². The van der Waals surface area contributed by atoms with Gasteiger partial charge in [0.2, 0.25) is 0 Å². The van der Waals surface area contributed by atoms with Crippen LogP contribution in [0.3, 0.4) is 0 Å². The van der Waals surface area contributed by atoms with Crippen LogP contribution in [0.4, 0.5) is 5.69 Å². The van der Waals surface area contributed by atoms with E-state index in [0.29, 0.717) is 28.9 Å². The number of nitrogens with zero attached hydrogens (tertiary/aromatic N) is 1. The summed E-state index contributed by atoms with van der Waals surface area (Å²) in [7, 11) is 1.61. The van der Waals surface area contributed by atoms with E-state index in [0.717, 1.165) is 6.42 Å². The zero-order valence-electron chi connectivity index (χ0n) is 11.5. The first kappa shape index (κ1) is 17.3. The number of nitrogens with one attached hydrogen (secondary N) is 2. The summed E-state index contributed by atoms with van der Waals surface area (Å²) in [5.74, 6) is -0.541. The number of halogens is 2. The first-order chi connectivity index (χ1) is 10.1. The Morgan fingerprint density at radius 2 is 2.24 bits per heavy atom. The third-order valence-corrected chi connectivity index (χ3v) is 3.01. The molecular formula is C14H15Cl2N3O2. The lowest BCUT2D eigenvalue weighted by Crippen LogP contribution is -2.17. The molecule has 2 N–H and O–H groups in total. The molecular weight excluding hydrogens is 313 g/mol. The number of carbonyl (C=O) groups excluding carboxylic acids is 1. The molecule has 5 nitrogen and oxygen atoms in total. The zero-order valence-corrected chi connectivity index (χ0v) is 13.0. The van der Waals surface area contributed by atoms with Crippen molar-refractivity contribution >= 4 is 34.8 Å². The lowest BCUT2D eigenvalue weighted by atomic mass is 10.2. The number of hydrogen-bond acceptors (Lipinski definition) is 4. The molecule has 0 saturated heterocycles. The number of ether oxygens (including phenoxy) is 1. The fraction of sp³-hybridized carbons (Fsp3) is 0.286. The predicted octanol–water partition coefficient (Wildman–Crippen LogP) is 2.97. The van der Waals surface area contributed by atoms with E-state index >= 15 is 0 Å². The molecule has 0 atom stereocenters. The number of hydrogen-bond donors (Lipinski definition) is 2. The van der Waals surface area contributed by atoms with Crippen molar-refractivity contribution in [3.63, 3.8) is 0 Å². The van der Waals surface area contributed by atoms with Gasteiger partial charge in [-0.05, 0) is 24.6 Å². The topological polar surface area (TPSA) is 74.1 Å². The van der Waals surface area contributed by atoms with E-state index < -0.39 is 5.91 Å². The number of methoxy groups -OCH3 is 1. The maximum atomic E-state index is 11.9. The Hall–Kier alpha value is -1.74. The molecule has 1 rings (SSSR count). The smallest absolute Gasteiger partial charge is 0.267 e. The molecule has 0 spiro atoms. The fourth-order valence-corrected chi connectivity index (χ4v) is 1.88. The van der Waals surface area contributed by atoms with Gasteiger partial charge in [-0.1, -0.05) is 23.2 Å². The average molecular weight is 328 g/mol. The highest BCUT2D eigenvalue weighted by Gasteiger charge is 2.11. The van der Waals surface area contributed by atoms with E-state index in [2.05, 4.69) is 10.6 Å². The van der Waals surface area contributed by atoms with Crippen LogP contribution in [0.1, 0.15) is 6.42 Å². The Bertz CT molecular complexity index is 568. The monoisotopic (exact) mass is 327 g/mol. The number of nitriles is 1. The van der Waals surface area contributed by atoms with Gasteiger partial charge >= 0.3 is 0 Å². The highest BCUT2D eigenvalue weighted by Crippen LogP contribution is 2.25. The van der Waals surface area contributed by atoms with Crippen LogP contribution in [-0.2, 0) is 9.53 Å². The molecule has 1 aromatic rings. The Balaban J connectivity index is 2.63. The van der Waals surface area contributed by atoms with Gasteiger partial charge in [0.15, 0.2) is 0 Å². The van der Waals surface area contributed by atoms with Crippen molar-refractivity contribution in [2.24, 2.45) is 0 Å². The van der Waals surface area contributed by atoms with Crippen LogP contribution in [0.2, 0.25) is 10.0 Å². The maximum Gasteiger partial charge on any atom is 0.267 e. The molecule has 0 fully saturated rings. The normalized spacial score (nSPS) is 10.9. The molecule has 0 aromatic heterocycles. The molecule has 1 aromatic carbocycles. The fourth-order valence-electron chi connectivity index (χ4n) is 1.42. The SMILES string of the molecule is COCCCN/C=C(/C#N)C(=O)Nc1ccc(Cl)cc1Cl. The third-order valence-electron chi connectivity index (χ3n) is 2.46. The summed E-state index contributed by atoms with van der Waals surface area (Å²) in [6, 6.07) is 6.51.